The predicted octanol–water partition coefficient (Wildman–Crippen LogP) is 5.99. The molecule has 3 aromatic carbocycles. The fourth-order valence-electron chi connectivity index (χ4n) is 2.82. The van der Waals surface area contributed by atoms with Crippen molar-refractivity contribution >= 4 is 34.5 Å². The third-order valence-electron chi connectivity index (χ3n) is 4.41. The molecule has 0 aliphatic carbocycles. The van der Waals surface area contributed by atoms with Gasteiger partial charge in [0.1, 0.15) is 5.52 Å². The van der Waals surface area contributed by atoms with Crippen molar-refractivity contribution in [1.82, 2.24) is 4.98 Å². The number of nitrogens with zero attached hydrogens (tertiary/aromatic N) is 1. The Hall–Kier alpha value is -3.05. The number of fused-ring (bicyclic) bond motifs is 1. The van der Waals surface area contributed by atoms with Crippen LogP contribution in [-0.4, -0.2) is 10.9 Å². The fourth-order valence-corrected chi connectivity index (χ4v) is 3.61. The van der Waals surface area contributed by atoms with Crippen LogP contribution in [0.25, 0.3) is 11.1 Å². The molecular weight excluding hydrogens is 368 g/mol. The molecule has 0 fully saturated rings. The third-order valence-corrected chi connectivity index (χ3v) is 5.31. The van der Waals surface area contributed by atoms with E-state index in [-0.39, 0.29) is 5.91 Å². The van der Waals surface area contributed by atoms with Crippen LogP contribution in [0.1, 0.15) is 27.0 Å². The predicted molar refractivity (Wildman–Crippen MR) is 114 cm³/mol. The van der Waals surface area contributed by atoms with E-state index in [1.54, 1.807) is 11.8 Å². The van der Waals surface area contributed by atoms with Gasteiger partial charge in [0.05, 0.1) is 0 Å². The minimum absolute atomic E-state index is 0.114. The summed E-state index contributed by atoms with van der Waals surface area (Å²) in [6, 6.07) is 21.3. The van der Waals surface area contributed by atoms with Gasteiger partial charge in [-0.05, 0) is 61.4 Å². The molecule has 0 aliphatic rings. The number of amides is 1. The summed E-state index contributed by atoms with van der Waals surface area (Å²) in [5.74, 6) is 0.614. The van der Waals surface area contributed by atoms with E-state index in [0.29, 0.717) is 10.8 Å². The van der Waals surface area contributed by atoms with Crippen LogP contribution in [0.5, 0.6) is 0 Å². The Kier molecular flexibility index (Phi) is 5.17. The zero-order chi connectivity index (χ0) is 19.5. The van der Waals surface area contributed by atoms with Crippen LogP contribution in [0, 0.1) is 13.8 Å². The number of anilines is 1. The van der Waals surface area contributed by atoms with E-state index in [4.69, 9.17) is 4.42 Å². The maximum atomic E-state index is 12.4. The van der Waals surface area contributed by atoms with E-state index in [1.807, 2.05) is 80.6 Å². The molecule has 1 heterocycles. The van der Waals surface area contributed by atoms with Gasteiger partial charge in [0.15, 0.2) is 5.58 Å². The highest BCUT2D eigenvalue weighted by Gasteiger charge is 2.09. The summed E-state index contributed by atoms with van der Waals surface area (Å²) < 4.78 is 5.77. The average molecular weight is 388 g/mol. The highest BCUT2D eigenvalue weighted by molar-refractivity contribution is 7.98. The minimum Gasteiger partial charge on any atom is -0.431 e. The van der Waals surface area contributed by atoms with E-state index < -0.39 is 0 Å². The molecule has 0 bridgehead atoms. The van der Waals surface area contributed by atoms with Crippen LogP contribution in [-0.2, 0) is 5.75 Å². The average Bonchev–Trinajstić information content (AvgIpc) is 3.10. The monoisotopic (exact) mass is 388 g/mol. The van der Waals surface area contributed by atoms with Crippen molar-refractivity contribution in [3.63, 3.8) is 0 Å². The summed E-state index contributed by atoms with van der Waals surface area (Å²) in [6.45, 7) is 4.06. The Balaban J connectivity index is 1.38. The van der Waals surface area contributed by atoms with Gasteiger partial charge in [0.25, 0.3) is 11.1 Å². The highest BCUT2D eigenvalue weighted by atomic mass is 32.2. The molecule has 0 aliphatic heterocycles. The lowest BCUT2D eigenvalue weighted by Gasteiger charge is -2.06. The summed E-state index contributed by atoms with van der Waals surface area (Å²) in [6.07, 6.45) is 0. The lowest BCUT2D eigenvalue weighted by molar-refractivity contribution is 0.102. The third kappa shape index (κ3) is 4.26. The normalized spacial score (nSPS) is 10.9. The molecule has 0 saturated carbocycles. The van der Waals surface area contributed by atoms with Gasteiger partial charge in [-0.25, -0.2) is 4.98 Å². The molecule has 140 valence electrons. The van der Waals surface area contributed by atoms with Crippen LogP contribution in [0.15, 0.2) is 76.4 Å². The van der Waals surface area contributed by atoms with Crippen molar-refractivity contribution in [2.75, 3.05) is 5.32 Å². The number of thioether (sulfide) groups is 1. The van der Waals surface area contributed by atoms with E-state index in [9.17, 15) is 4.79 Å². The maximum Gasteiger partial charge on any atom is 0.257 e. The molecule has 0 atom stereocenters. The van der Waals surface area contributed by atoms with Gasteiger partial charge in [0, 0.05) is 17.0 Å². The molecule has 1 N–H and O–H groups in total. The van der Waals surface area contributed by atoms with E-state index in [0.717, 1.165) is 39.2 Å². The number of benzene rings is 3. The van der Waals surface area contributed by atoms with Crippen LogP contribution in [0.4, 0.5) is 5.69 Å². The molecule has 0 radical (unpaired) electrons. The number of nitrogens with one attached hydrogen (secondary N) is 1. The van der Waals surface area contributed by atoms with Gasteiger partial charge in [-0.1, -0.05) is 47.7 Å². The summed E-state index contributed by atoms with van der Waals surface area (Å²) in [5.41, 5.74) is 6.54. The smallest absolute Gasteiger partial charge is 0.257 e. The molecule has 1 aromatic heterocycles. The van der Waals surface area contributed by atoms with E-state index in [2.05, 4.69) is 10.3 Å². The number of rotatable bonds is 5. The Morgan fingerprint density at radius 1 is 0.964 bits per heavy atom. The molecule has 5 heteroatoms. The lowest BCUT2D eigenvalue weighted by Crippen LogP contribution is -2.11. The highest BCUT2D eigenvalue weighted by Crippen LogP contribution is 2.27. The molecule has 1 amide bonds. The van der Waals surface area contributed by atoms with Crippen molar-refractivity contribution in [1.29, 1.82) is 0 Å². The zero-order valence-electron chi connectivity index (χ0n) is 15.7. The summed E-state index contributed by atoms with van der Waals surface area (Å²) in [4.78, 5) is 16.9. The quantitative estimate of drug-likeness (QED) is 0.427. The van der Waals surface area contributed by atoms with Crippen LogP contribution < -0.4 is 5.32 Å². The molecule has 0 spiro atoms. The molecule has 4 aromatic rings. The van der Waals surface area contributed by atoms with Gasteiger partial charge in [-0.15, -0.1) is 0 Å². The summed E-state index contributed by atoms with van der Waals surface area (Å²) in [7, 11) is 0. The van der Waals surface area contributed by atoms with Crippen LogP contribution in [0.2, 0.25) is 0 Å². The van der Waals surface area contributed by atoms with E-state index >= 15 is 0 Å². The topological polar surface area (TPSA) is 55.1 Å². The largest absolute Gasteiger partial charge is 0.431 e. The summed E-state index contributed by atoms with van der Waals surface area (Å²) in [5, 5.41) is 3.57. The number of hydrogen-bond acceptors (Lipinski definition) is 4. The Bertz CT molecular complexity index is 1120. The molecular formula is C23H20N2O2S. The first-order valence-electron chi connectivity index (χ1n) is 9.04. The number of aryl methyl sites for hydroxylation is 2. The molecule has 28 heavy (non-hydrogen) atoms. The van der Waals surface area contributed by atoms with Crippen molar-refractivity contribution < 1.29 is 9.21 Å². The SMILES string of the molecule is Cc1ccc(NC(=O)c2ccc(CSc3nc4cc(C)ccc4o3)cc2)cc1. The van der Waals surface area contributed by atoms with Gasteiger partial charge in [0.2, 0.25) is 0 Å². The Morgan fingerprint density at radius 3 is 2.43 bits per heavy atom. The lowest BCUT2D eigenvalue weighted by atomic mass is 10.1. The number of aromatic nitrogens is 1. The maximum absolute atomic E-state index is 12.4. The first-order valence-corrected chi connectivity index (χ1v) is 10.0. The zero-order valence-corrected chi connectivity index (χ0v) is 16.5. The van der Waals surface area contributed by atoms with Gasteiger partial charge in [-0.3, -0.25) is 4.79 Å². The molecule has 4 rings (SSSR count). The Labute approximate surface area is 168 Å². The second kappa shape index (κ2) is 7.90. The molecule has 4 nitrogen and oxygen atoms in total. The standard InChI is InChI=1S/C23H20N2O2S/c1-15-3-10-19(11-4-15)24-22(26)18-8-6-17(7-9-18)14-28-23-25-20-13-16(2)5-12-21(20)27-23/h3-13H,14H2,1-2H3,(H,24,26). The van der Waals surface area contributed by atoms with Crippen LogP contribution in [0.3, 0.4) is 0 Å². The second-order valence-corrected chi connectivity index (χ2v) is 7.68. The van der Waals surface area contributed by atoms with Gasteiger partial charge >= 0.3 is 0 Å². The first kappa shape index (κ1) is 18.3. The van der Waals surface area contributed by atoms with Crippen LogP contribution >= 0.6 is 11.8 Å². The number of hydrogen-bond donors (Lipinski definition) is 1. The summed E-state index contributed by atoms with van der Waals surface area (Å²) >= 11 is 1.54. The molecule has 0 unspecified atom stereocenters. The number of carbonyl (C=O) groups is 1. The first-order chi connectivity index (χ1) is 13.6. The van der Waals surface area contributed by atoms with Gasteiger partial charge in [-0.2, -0.15) is 0 Å². The minimum atomic E-state index is -0.114. The van der Waals surface area contributed by atoms with Crippen molar-refractivity contribution in [3.05, 3.63) is 89.0 Å². The fraction of sp³-hybridized carbons (Fsp3) is 0.130. The van der Waals surface area contributed by atoms with Crippen molar-refractivity contribution in [2.45, 2.75) is 24.8 Å². The number of carbonyl (C=O) groups excluding carboxylic acids is 1. The van der Waals surface area contributed by atoms with Crippen molar-refractivity contribution in [2.24, 2.45) is 0 Å². The Morgan fingerprint density at radius 2 is 1.68 bits per heavy atom. The van der Waals surface area contributed by atoms with Crippen molar-refractivity contribution in [3.8, 4) is 0 Å². The van der Waals surface area contributed by atoms with E-state index in [1.165, 1.54) is 0 Å². The molecule has 0 saturated heterocycles. The second-order valence-electron chi connectivity index (χ2n) is 6.76. The van der Waals surface area contributed by atoms with Gasteiger partial charge < -0.3 is 9.73 Å². The number of oxazole rings is 1.